The summed E-state index contributed by atoms with van der Waals surface area (Å²) in [5, 5.41) is 10.1. The number of β-amino-alcohol motifs (C(OH)–C–C–N with tert-alkyl or cyclic N) is 1. The predicted octanol–water partition coefficient (Wildman–Crippen LogP) is 1.22. The standard InChI is InChI=1S/C19H29F2N3O3/c1-2-3-8-23-16(26)15-9-14(25)10-24(15)18(17(23)27)11-22(12-18)13-4-6-19(20,21)7-5-13/h13-15,25H,2-12H2,1H3. The Balaban J connectivity index is 1.51. The first-order valence-electron chi connectivity index (χ1n) is 10.2. The average Bonchev–Trinajstić information content (AvgIpc) is 2.97. The maximum Gasteiger partial charge on any atom is 0.252 e. The van der Waals surface area contributed by atoms with Crippen molar-refractivity contribution in [2.75, 3.05) is 26.2 Å². The van der Waals surface area contributed by atoms with Crippen LogP contribution in [0.2, 0.25) is 0 Å². The molecule has 4 aliphatic rings. The number of carbonyl (C=O) groups is 2. The second-order valence-electron chi connectivity index (χ2n) is 8.73. The van der Waals surface area contributed by atoms with Gasteiger partial charge in [-0.25, -0.2) is 8.78 Å². The van der Waals surface area contributed by atoms with Crippen molar-refractivity contribution in [3.05, 3.63) is 0 Å². The average molecular weight is 385 g/mol. The Hall–Kier alpha value is -1.12. The zero-order chi connectivity index (χ0) is 19.4. The number of amides is 2. The molecule has 0 aromatic carbocycles. The molecule has 0 bridgehead atoms. The molecular weight excluding hydrogens is 356 g/mol. The third-order valence-electron chi connectivity index (χ3n) is 6.89. The Bertz CT molecular complexity index is 613. The molecule has 2 atom stereocenters. The van der Waals surface area contributed by atoms with E-state index in [-0.39, 0.29) is 30.7 Å². The second-order valence-corrected chi connectivity index (χ2v) is 8.73. The molecule has 3 aliphatic heterocycles. The SMILES string of the molecule is CCCCN1C(=O)C2CC(O)CN2C2(CN(C3CCC(F)(F)CC3)C2)C1=O. The van der Waals surface area contributed by atoms with Crippen LogP contribution in [0.25, 0.3) is 0 Å². The minimum absolute atomic E-state index is 0.0794. The van der Waals surface area contributed by atoms with Crippen molar-refractivity contribution in [3.63, 3.8) is 0 Å². The quantitative estimate of drug-likeness (QED) is 0.738. The molecule has 3 heterocycles. The van der Waals surface area contributed by atoms with E-state index in [9.17, 15) is 23.5 Å². The number of unbranched alkanes of at least 4 members (excludes halogenated alkanes) is 1. The number of fused-ring (bicyclic) bond motifs is 2. The highest BCUT2D eigenvalue weighted by molar-refractivity contribution is 6.06. The maximum atomic E-state index is 13.5. The molecule has 1 saturated carbocycles. The first-order chi connectivity index (χ1) is 12.8. The molecule has 4 rings (SSSR count). The molecule has 0 radical (unpaired) electrons. The third kappa shape index (κ3) is 3.09. The summed E-state index contributed by atoms with van der Waals surface area (Å²) in [7, 11) is 0. The number of rotatable bonds is 4. The lowest BCUT2D eigenvalue weighted by Gasteiger charge is -2.60. The maximum absolute atomic E-state index is 13.5. The van der Waals surface area contributed by atoms with Gasteiger partial charge in [0.15, 0.2) is 0 Å². The van der Waals surface area contributed by atoms with E-state index in [0.717, 1.165) is 12.8 Å². The van der Waals surface area contributed by atoms with Crippen LogP contribution in [0, 0.1) is 0 Å². The van der Waals surface area contributed by atoms with Crippen molar-refractivity contribution in [1.82, 2.24) is 14.7 Å². The van der Waals surface area contributed by atoms with Gasteiger partial charge in [0.25, 0.3) is 5.91 Å². The molecule has 2 amide bonds. The topological polar surface area (TPSA) is 64.1 Å². The van der Waals surface area contributed by atoms with Gasteiger partial charge in [-0.05, 0) is 25.7 Å². The van der Waals surface area contributed by atoms with E-state index >= 15 is 0 Å². The summed E-state index contributed by atoms with van der Waals surface area (Å²) in [5.74, 6) is -2.91. The number of alkyl halides is 2. The summed E-state index contributed by atoms with van der Waals surface area (Å²) in [4.78, 5) is 31.5. The summed E-state index contributed by atoms with van der Waals surface area (Å²) < 4.78 is 26.9. The normalized spacial score (nSPS) is 34.1. The van der Waals surface area contributed by atoms with Gasteiger partial charge in [-0.1, -0.05) is 13.3 Å². The van der Waals surface area contributed by atoms with Crippen LogP contribution in [0.5, 0.6) is 0 Å². The van der Waals surface area contributed by atoms with Crippen LogP contribution in [0.1, 0.15) is 51.9 Å². The van der Waals surface area contributed by atoms with Crippen molar-refractivity contribution < 1.29 is 23.5 Å². The fourth-order valence-corrected chi connectivity index (χ4v) is 5.29. The summed E-state index contributed by atoms with van der Waals surface area (Å²) in [6, 6.07) is -0.358. The highest BCUT2D eigenvalue weighted by Gasteiger charge is 2.64. The van der Waals surface area contributed by atoms with E-state index < -0.39 is 23.6 Å². The molecule has 0 aromatic heterocycles. The Labute approximate surface area is 158 Å². The van der Waals surface area contributed by atoms with E-state index in [1.165, 1.54) is 4.90 Å². The Morgan fingerprint density at radius 3 is 2.48 bits per heavy atom. The smallest absolute Gasteiger partial charge is 0.252 e. The number of aliphatic hydroxyl groups excluding tert-OH is 1. The molecular formula is C19H29F2N3O3. The number of carbonyl (C=O) groups excluding carboxylic acids is 2. The van der Waals surface area contributed by atoms with Gasteiger partial charge < -0.3 is 5.11 Å². The van der Waals surface area contributed by atoms with Gasteiger partial charge in [-0.15, -0.1) is 0 Å². The lowest BCUT2D eigenvalue weighted by molar-refractivity contribution is -0.184. The van der Waals surface area contributed by atoms with Crippen LogP contribution in [0.15, 0.2) is 0 Å². The summed E-state index contributed by atoms with van der Waals surface area (Å²) >= 11 is 0. The molecule has 2 unspecified atom stereocenters. The van der Waals surface area contributed by atoms with Crippen molar-refractivity contribution in [2.24, 2.45) is 0 Å². The van der Waals surface area contributed by atoms with Gasteiger partial charge in [0.05, 0.1) is 12.1 Å². The monoisotopic (exact) mass is 385 g/mol. The lowest BCUT2D eigenvalue weighted by Crippen LogP contribution is -2.82. The van der Waals surface area contributed by atoms with Crippen molar-refractivity contribution >= 4 is 11.8 Å². The van der Waals surface area contributed by atoms with Gasteiger partial charge in [0.1, 0.15) is 5.54 Å². The second kappa shape index (κ2) is 6.74. The van der Waals surface area contributed by atoms with Crippen LogP contribution in [0.3, 0.4) is 0 Å². The van der Waals surface area contributed by atoms with Crippen molar-refractivity contribution in [3.8, 4) is 0 Å². The predicted molar refractivity (Wildman–Crippen MR) is 94.3 cm³/mol. The van der Waals surface area contributed by atoms with Gasteiger partial charge in [-0.3, -0.25) is 24.3 Å². The molecule has 6 nitrogen and oxygen atoms in total. The van der Waals surface area contributed by atoms with E-state index in [1.54, 1.807) is 0 Å². The van der Waals surface area contributed by atoms with Crippen LogP contribution in [0.4, 0.5) is 8.78 Å². The van der Waals surface area contributed by atoms with Crippen LogP contribution in [-0.4, -0.2) is 87.4 Å². The summed E-state index contributed by atoms with van der Waals surface area (Å²) in [6.45, 7) is 3.72. The molecule has 0 aromatic rings. The number of likely N-dealkylation sites (tertiary alicyclic amines) is 1. The minimum atomic E-state index is -2.56. The van der Waals surface area contributed by atoms with E-state index in [4.69, 9.17) is 0 Å². The Kier molecular flexibility index (Phi) is 4.79. The molecule has 152 valence electrons. The number of imide groups is 1. The van der Waals surface area contributed by atoms with E-state index in [0.29, 0.717) is 45.4 Å². The van der Waals surface area contributed by atoms with Crippen LogP contribution < -0.4 is 0 Å². The van der Waals surface area contributed by atoms with Crippen molar-refractivity contribution in [2.45, 2.75) is 81.5 Å². The fourth-order valence-electron chi connectivity index (χ4n) is 5.29. The molecule has 3 saturated heterocycles. The van der Waals surface area contributed by atoms with Crippen molar-refractivity contribution in [1.29, 1.82) is 0 Å². The first-order valence-corrected chi connectivity index (χ1v) is 10.2. The van der Waals surface area contributed by atoms with Gasteiger partial charge in [0.2, 0.25) is 11.8 Å². The Morgan fingerprint density at radius 1 is 1.19 bits per heavy atom. The third-order valence-corrected chi connectivity index (χ3v) is 6.89. The number of hydrogen-bond acceptors (Lipinski definition) is 5. The van der Waals surface area contributed by atoms with Gasteiger partial charge in [0, 0.05) is 45.1 Å². The highest BCUT2D eigenvalue weighted by Crippen LogP contribution is 2.44. The number of aliphatic hydroxyl groups is 1. The molecule has 4 fully saturated rings. The fraction of sp³-hybridized carbons (Fsp3) is 0.895. The lowest BCUT2D eigenvalue weighted by atomic mass is 9.79. The largest absolute Gasteiger partial charge is 0.392 e. The molecule has 8 heteroatoms. The molecule has 1 N–H and O–H groups in total. The van der Waals surface area contributed by atoms with E-state index in [1.807, 2.05) is 11.8 Å². The minimum Gasteiger partial charge on any atom is -0.392 e. The molecule has 1 aliphatic carbocycles. The first kappa shape index (κ1) is 19.2. The molecule has 1 spiro atoms. The number of piperazine rings is 1. The summed E-state index contributed by atoms with van der Waals surface area (Å²) in [5.41, 5.74) is -0.774. The Morgan fingerprint density at radius 2 is 1.85 bits per heavy atom. The number of hydrogen-bond donors (Lipinski definition) is 1. The zero-order valence-corrected chi connectivity index (χ0v) is 15.9. The van der Waals surface area contributed by atoms with Crippen LogP contribution in [-0.2, 0) is 9.59 Å². The van der Waals surface area contributed by atoms with E-state index in [2.05, 4.69) is 4.90 Å². The summed E-state index contributed by atoms with van der Waals surface area (Å²) in [6.07, 6.45) is 2.13. The van der Waals surface area contributed by atoms with Gasteiger partial charge in [-0.2, -0.15) is 0 Å². The zero-order valence-electron chi connectivity index (χ0n) is 15.9. The molecule has 27 heavy (non-hydrogen) atoms. The van der Waals surface area contributed by atoms with Gasteiger partial charge >= 0.3 is 0 Å². The number of halogens is 2. The van der Waals surface area contributed by atoms with Crippen LogP contribution >= 0.6 is 0 Å². The number of nitrogens with zero attached hydrogens (tertiary/aromatic N) is 3. The highest BCUT2D eigenvalue weighted by atomic mass is 19.3.